The summed E-state index contributed by atoms with van der Waals surface area (Å²) >= 11 is 1.64. The third kappa shape index (κ3) is 3.55. The minimum atomic E-state index is -0.139. The van der Waals surface area contributed by atoms with Gasteiger partial charge in [-0.3, -0.25) is 4.79 Å². The predicted octanol–water partition coefficient (Wildman–Crippen LogP) is 1.81. The first-order chi connectivity index (χ1) is 10.6. The molecule has 1 fully saturated rings. The second-order valence-corrected chi connectivity index (χ2v) is 6.52. The number of thiazole rings is 1. The first-order valence-electron chi connectivity index (χ1n) is 7.40. The van der Waals surface area contributed by atoms with Crippen LogP contribution in [0.25, 0.3) is 10.2 Å². The Morgan fingerprint density at radius 2 is 2.27 bits per heavy atom. The maximum Gasteiger partial charge on any atom is 0.225 e. The zero-order valence-electron chi connectivity index (χ0n) is 12.5. The van der Waals surface area contributed by atoms with E-state index in [-0.39, 0.29) is 11.9 Å². The van der Waals surface area contributed by atoms with Gasteiger partial charge in [-0.05, 0) is 25.1 Å². The molecule has 6 nitrogen and oxygen atoms in total. The fourth-order valence-electron chi connectivity index (χ4n) is 2.38. The van der Waals surface area contributed by atoms with Gasteiger partial charge in [-0.15, -0.1) is 0 Å². The minimum absolute atomic E-state index is 0.0627. The van der Waals surface area contributed by atoms with Gasteiger partial charge in [0, 0.05) is 31.2 Å². The van der Waals surface area contributed by atoms with Crippen LogP contribution < -0.4 is 16.0 Å². The Bertz CT molecular complexity index is 665. The Labute approximate surface area is 133 Å². The number of morpholine rings is 1. The molecule has 1 aliphatic heterocycles. The van der Waals surface area contributed by atoms with Crippen molar-refractivity contribution < 1.29 is 9.53 Å². The fraction of sp³-hybridized carbons (Fsp3) is 0.467. The van der Waals surface area contributed by atoms with E-state index in [1.54, 1.807) is 11.3 Å². The first kappa shape index (κ1) is 15.2. The third-order valence-corrected chi connectivity index (χ3v) is 4.53. The zero-order chi connectivity index (χ0) is 15.5. The van der Waals surface area contributed by atoms with Crippen LogP contribution in [0.2, 0.25) is 0 Å². The second-order valence-electron chi connectivity index (χ2n) is 5.51. The number of nitrogens with two attached hydrogens (primary N) is 1. The lowest BCUT2D eigenvalue weighted by atomic mass is 10.2. The lowest BCUT2D eigenvalue weighted by Gasteiger charge is -2.25. The van der Waals surface area contributed by atoms with E-state index in [4.69, 9.17) is 10.5 Å². The van der Waals surface area contributed by atoms with Gasteiger partial charge >= 0.3 is 0 Å². The molecule has 7 heteroatoms. The van der Waals surface area contributed by atoms with E-state index >= 15 is 0 Å². The van der Waals surface area contributed by atoms with E-state index < -0.39 is 0 Å². The van der Waals surface area contributed by atoms with Gasteiger partial charge in [0.15, 0.2) is 5.13 Å². The van der Waals surface area contributed by atoms with Crippen LogP contribution in [0.4, 0.5) is 10.8 Å². The standard InChI is InChI=1S/C15H20N4O2S/c1-10(16)8-14(20)17-11-2-3-12-13(9-11)22-15(18-12)19-4-6-21-7-5-19/h2-3,9-10H,4-8,16H2,1H3,(H,17,20). The smallest absolute Gasteiger partial charge is 0.225 e. The van der Waals surface area contributed by atoms with Crippen molar-refractivity contribution in [3.63, 3.8) is 0 Å². The van der Waals surface area contributed by atoms with Crippen LogP contribution in [0.5, 0.6) is 0 Å². The molecule has 0 bridgehead atoms. The van der Waals surface area contributed by atoms with Crippen molar-refractivity contribution in [3.8, 4) is 0 Å². The summed E-state index contributed by atoms with van der Waals surface area (Å²) in [6.45, 7) is 5.05. The Morgan fingerprint density at radius 1 is 1.50 bits per heavy atom. The molecule has 2 aromatic rings. The van der Waals surface area contributed by atoms with Crippen molar-refractivity contribution in [2.24, 2.45) is 5.73 Å². The minimum Gasteiger partial charge on any atom is -0.378 e. The third-order valence-electron chi connectivity index (χ3n) is 3.45. The molecule has 1 amide bonds. The number of nitrogens with one attached hydrogen (secondary N) is 1. The summed E-state index contributed by atoms with van der Waals surface area (Å²) in [6.07, 6.45) is 0.319. The van der Waals surface area contributed by atoms with Crippen LogP contribution in [-0.2, 0) is 9.53 Å². The van der Waals surface area contributed by atoms with Crippen molar-refractivity contribution in [3.05, 3.63) is 18.2 Å². The van der Waals surface area contributed by atoms with Gasteiger partial charge in [0.1, 0.15) is 0 Å². The van der Waals surface area contributed by atoms with Gasteiger partial charge in [0.05, 0.1) is 23.4 Å². The van der Waals surface area contributed by atoms with E-state index in [1.165, 1.54) is 0 Å². The van der Waals surface area contributed by atoms with Gasteiger partial charge in [-0.1, -0.05) is 11.3 Å². The largest absolute Gasteiger partial charge is 0.378 e. The molecule has 1 unspecified atom stereocenters. The number of fused-ring (bicyclic) bond motifs is 1. The average molecular weight is 320 g/mol. The van der Waals surface area contributed by atoms with Crippen LogP contribution >= 0.6 is 11.3 Å². The predicted molar refractivity (Wildman–Crippen MR) is 89.5 cm³/mol. The molecule has 1 aromatic heterocycles. The molecule has 1 saturated heterocycles. The summed E-state index contributed by atoms with van der Waals surface area (Å²) in [4.78, 5) is 18.7. The van der Waals surface area contributed by atoms with Gasteiger partial charge in [0.25, 0.3) is 0 Å². The number of benzene rings is 1. The van der Waals surface area contributed by atoms with E-state index in [0.717, 1.165) is 47.3 Å². The average Bonchev–Trinajstić information content (AvgIpc) is 2.90. The summed E-state index contributed by atoms with van der Waals surface area (Å²) in [5.41, 5.74) is 7.38. The Kier molecular flexibility index (Phi) is 4.56. The zero-order valence-corrected chi connectivity index (χ0v) is 13.4. The Hall–Kier alpha value is -1.70. The molecule has 1 atom stereocenters. The van der Waals surface area contributed by atoms with E-state index in [2.05, 4.69) is 15.2 Å². The molecule has 1 aromatic carbocycles. The molecular formula is C15H20N4O2S. The second kappa shape index (κ2) is 6.60. The SMILES string of the molecule is CC(N)CC(=O)Nc1ccc2nc(N3CCOCC3)sc2c1. The molecular weight excluding hydrogens is 300 g/mol. The number of amides is 1. The number of aromatic nitrogens is 1. The summed E-state index contributed by atoms with van der Waals surface area (Å²) in [5, 5.41) is 3.89. The van der Waals surface area contributed by atoms with Crippen LogP contribution in [0.1, 0.15) is 13.3 Å². The molecule has 0 radical (unpaired) electrons. The lowest BCUT2D eigenvalue weighted by Crippen LogP contribution is -2.36. The van der Waals surface area contributed by atoms with Crippen LogP contribution in [0.15, 0.2) is 18.2 Å². The maximum atomic E-state index is 11.8. The Morgan fingerprint density at radius 3 is 3.00 bits per heavy atom. The number of nitrogens with zero attached hydrogens (tertiary/aromatic N) is 2. The fourth-order valence-corrected chi connectivity index (χ4v) is 3.44. The van der Waals surface area contributed by atoms with Gasteiger partial charge in [-0.25, -0.2) is 4.98 Å². The van der Waals surface area contributed by atoms with Crippen molar-refractivity contribution in [2.45, 2.75) is 19.4 Å². The van der Waals surface area contributed by atoms with E-state index in [0.29, 0.717) is 6.42 Å². The van der Waals surface area contributed by atoms with Crippen molar-refractivity contribution >= 4 is 38.3 Å². The van der Waals surface area contributed by atoms with Crippen LogP contribution in [0.3, 0.4) is 0 Å². The molecule has 22 heavy (non-hydrogen) atoms. The van der Waals surface area contributed by atoms with Gasteiger partial charge in [0.2, 0.25) is 5.91 Å². The van der Waals surface area contributed by atoms with Crippen LogP contribution in [0, 0.1) is 0 Å². The number of hydrogen-bond donors (Lipinski definition) is 2. The maximum absolute atomic E-state index is 11.8. The Balaban J connectivity index is 1.76. The number of carbonyl (C=O) groups excluding carboxylic acids is 1. The monoisotopic (exact) mass is 320 g/mol. The van der Waals surface area contributed by atoms with Crippen molar-refractivity contribution in [2.75, 3.05) is 36.5 Å². The first-order valence-corrected chi connectivity index (χ1v) is 8.22. The highest BCUT2D eigenvalue weighted by molar-refractivity contribution is 7.22. The number of anilines is 2. The summed E-state index contributed by atoms with van der Waals surface area (Å²) < 4.78 is 6.44. The van der Waals surface area contributed by atoms with Crippen molar-refractivity contribution in [1.82, 2.24) is 4.98 Å². The molecule has 118 valence electrons. The molecule has 0 saturated carbocycles. The molecule has 0 aliphatic carbocycles. The molecule has 1 aliphatic rings. The quantitative estimate of drug-likeness (QED) is 0.898. The van der Waals surface area contributed by atoms with Gasteiger partial charge < -0.3 is 20.7 Å². The summed E-state index contributed by atoms with van der Waals surface area (Å²) in [5.74, 6) is -0.0627. The summed E-state index contributed by atoms with van der Waals surface area (Å²) in [7, 11) is 0. The molecule has 3 rings (SSSR count). The van der Waals surface area contributed by atoms with E-state index in [9.17, 15) is 4.79 Å². The number of hydrogen-bond acceptors (Lipinski definition) is 6. The summed E-state index contributed by atoms with van der Waals surface area (Å²) in [6, 6.07) is 5.65. The number of carbonyl (C=O) groups is 1. The highest BCUT2D eigenvalue weighted by Crippen LogP contribution is 2.31. The molecule has 2 heterocycles. The van der Waals surface area contributed by atoms with E-state index in [1.807, 2.05) is 25.1 Å². The lowest BCUT2D eigenvalue weighted by molar-refractivity contribution is -0.116. The highest BCUT2D eigenvalue weighted by atomic mass is 32.1. The molecule has 3 N–H and O–H groups in total. The van der Waals surface area contributed by atoms with Crippen molar-refractivity contribution in [1.29, 1.82) is 0 Å². The van der Waals surface area contributed by atoms with Crippen LogP contribution in [-0.4, -0.2) is 43.2 Å². The molecule has 0 spiro atoms. The normalized spacial score (nSPS) is 16.7. The number of rotatable bonds is 4. The number of ether oxygens (including phenoxy) is 1. The topological polar surface area (TPSA) is 80.5 Å². The van der Waals surface area contributed by atoms with Gasteiger partial charge in [-0.2, -0.15) is 0 Å². The highest BCUT2D eigenvalue weighted by Gasteiger charge is 2.15.